The fourth-order valence-corrected chi connectivity index (χ4v) is 2.77. The summed E-state index contributed by atoms with van der Waals surface area (Å²) >= 11 is 0. The van der Waals surface area contributed by atoms with E-state index >= 15 is 0 Å². The maximum absolute atomic E-state index is 10.4. The summed E-state index contributed by atoms with van der Waals surface area (Å²) in [5.74, 6) is -0.369. The van der Waals surface area contributed by atoms with Crippen LogP contribution in [-0.4, -0.2) is 48.3 Å². The zero-order valence-electron chi connectivity index (χ0n) is 13.4. The first-order valence-electron chi connectivity index (χ1n) is 7.57. The average Bonchev–Trinajstić information content (AvgIpc) is 2.94. The lowest BCUT2D eigenvalue weighted by Crippen LogP contribution is -2.37. The third-order valence-corrected chi connectivity index (χ3v) is 3.90. The van der Waals surface area contributed by atoms with Crippen molar-refractivity contribution in [1.82, 2.24) is 10.2 Å². The lowest BCUT2D eigenvalue weighted by Gasteiger charge is -2.23. The minimum Gasteiger partial charge on any atom is -0.482 e. The zero-order valence-corrected chi connectivity index (χ0v) is 15.0. The van der Waals surface area contributed by atoms with Gasteiger partial charge in [-0.15, -0.1) is 24.8 Å². The molecule has 0 bridgehead atoms. The number of hydrogen-bond donors (Lipinski definition) is 2. The number of likely N-dealkylation sites (N-methyl/N-ethyl adjacent to an activating group) is 1. The maximum atomic E-state index is 10.4. The van der Waals surface area contributed by atoms with Gasteiger partial charge in [0, 0.05) is 19.1 Å². The summed E-state index contributed by atoms with van der Waals surface area (Å²) < 4.78 is 5.11. The molecule has 0 saturated carbocycles. The first kappa shape index (κ1) is 22.0. The lowest BCUT2D eigenvalue weighted by molar-refractivity contribution is -0.139. The third kappa shape index (κ3) is 7.40. The van der Waals surface area contributed by atoms with Crippen LogP contribution in [0, 0.1) is 0 Å². The smallest absolute Gasteiger partial charge is 0.341 e. The number of rotatable bonds is 8. The molecule has 1 atom stereocenters. The molecule has 2 rings (SSSR count). The van der Waals surface area contributed by atoms with E-state index in [0.717, 1.165) is 19.6 Å². The van der Waals surface area contributed by atoms with Crippen molar-refractivity contribution >= 4 is 30.8 Å². The molecule has 5 nitrogen and oxygen atoms in total. The van der Waals surface area contributed by atoms with E-state index in [1.54, 1.807) is 0 Å². The molecule has 0 spiro atoms. The Labute approximate surface area is 150 Å². The number of carboxylic acid groups (broad SMARTS) is 1. The third-order valence-electron chi connectivity index (χ3n) is 3.90. The molecule has 1 saturated heterocycles. The molecule has 0 radical (unpaired) electrons. The number of halogens is 2. The fraction of sp³-hybridized carbons (Fsp3) is 0.562. The van der Waals surface area contributed by atoms with Crippen molar-refractivity contribution in [3.8, 4) is 5.75 Å². The van der Waals surface area contributed by atoms with Crippen molar-refractivity contribution in [3.05, 3.63) is 29.8 Å². The topological polar surface area (TPSA) is 61.8 Å². The number of nitrogens with zero attached hydrogens (tertiary/aromatic N) is 1. The van der Waals surface area contributed by atoms with E-state index in [1.807, 2.05) is 24.3 Å². The van der Waals surface area contributed by atoms with Crippen LogP contribution in [0.1, 0.15) is 25.3 Å². The van der Waals surface area contributed by atoms with Crippen molar-refractivity contribution in [2.24, 2.45) is 0 Å². The van der Waals surface area contributed by atoms with Gasteiger partial charge < -0.3 is 15.2 Å². The number of ether oxygens (including phenoxy) is 1. The Kier molecular flexibility index (Phi) is 11.0. The molecule has 2 N–H and O–H groups in total. The SMILES string of the molecule is CCN1CCCC1CNCc1ccc(OCC(=O)O)cc1.Cl.Cl. The Morgan fingerprint density at radius 2 is 2.04 bits per heavy atom. The number of nitrogens with one attached hydrogen (secondary N) is 1. The van der Waals surface area contributed by atoms with E-state index in [-0.39, 0.29) is 31.4 Å². The first-order valence-corrected chi connectivity index (χ1v) is 7.57. The molecule has 7 heteroatoms. The van der Waals surface area contributed by atoms with E-state index in [2.05, 4.69) is 17.1 Å². The van der Waals surface area contributed by atoms with Crippen LogP contribution in [0.3, 0.4) is 0 Å². The molecule has 1 aromatic carbocycles. The van der Waals surface area contributed by atoms with Gasteiger partial charge in [-0.3, -0.25) is 4.90 Å². The molecule has 1 aromatic rings. The summed E-state index contributed by atoms with van der Waals surface area (Å²) in [7, 11) is 0. The Hall–Kier alpha value is -1.01. The summed E-state index contributed by atoms with van der Waals surface area (Å²) in [4.78, 5) is 12.9. The second-order valence-corrected chi connectivity index (χ2v) is 5.38. The maximum Gasteiger partial charge on any atom is 0.341 e. The van der Waals surface area contributed by atoms with Crippen molar-refractivity contribution in [1.29, 1.82) is 0 Å². The molecule has 0 aromatic heterocycles. The largest absolute Gasteiger partial charge is 0.482 e. The van der Waals surface area contributed by atoms with Crippen LogP contribution in [-0.2, 0) is 11.3 Å². The normalized spacial score (nSPS) is 17.2. The fourth-order valence-electron chi connectivity index (χ4n) is 2.77. The standard InChI is InChI=1S/C16H24N2O3.2ClH/c1-2-18-9-3-4-14(18)11-17-10-13-5-7-15(8-6-13)21-12-16(19)20;;/h5-8,14,17H,2-4,9-12H2,1H3,(H,19,20);2*1H. The van der Waals surface area contributed by atoms with E-state index in [1.165, 1.54) is 24.9 Å². The number of likely N-dealkylation sites (tertiary alicyclic amines) is 1. The number of aliphatic carboxylic acids is 1. The van der Waals surface area contributed by atoms with Crippen molar-refractivity contribution < 1.29 is 14.6 Å². The zero-order chi connectivity index (χ0) is 15.1. The number of carboxylic acids is 1. The van der Waals surface area contributed by atoms with Crippen LogP contribution in [0.15, 0.2) is 24.3 Å². The molecule has 23 heavy (non-hydrogen) atoms. The number of carbonyl (C=O) groups is 1. The monoisotopic (exact) mass is 364 g/mol. The van der Waals surface area contributed by atoms with Gasteiger partial charge in [-0.1, -0.05) is 19.1 Å². The van der Waals surface area contributed by atoms with Gasteiger partial charge in [0.2, 0.25) is 0 Å². The van der Waals surface area contributed by atoms with Gasteiger partial charge in [-0.25, -0.2) is 4.79 Å². The highest BCUT2D eigenvalue weighted by Gasteiger charge is 2.21. The second kappa shape index (κ2) is 11.5. The van der Waals surface area contributed by atoms with Crippen LogP contribution < -0.4 is 10.1 Å². The van der Waals surface area contributed by atoms with Crippen molar-refractivity contribution in [3.63, 3.8) is 0 Å². The summed E-state index contributed by atoms with van der Waals surface area (Å²) in [6.45, 7) is 6.11. The molecule has 1 fully saturated rings. The quantitative estimate of drug-likeness (QED) is 0.742. The highest BCUT2D eigenvalue weighted by atomic mass is 35.5. The summed E-state index contributed by atoms with van der Waals surface area (Å²) in [6.07, 6.45) is 2.58. The van der Waals surface area contributed by atoms with E-state index in [4.69, 9.17) is 9.84 Å². The molecular formula is C16H26Cl2N2O3. The summed E-state index contributed by atoms with van der Waals surface area (Å²) in [6, 6.07) is 8.22. The summed E-state index contributed by atoms with van der Waals surface area (Å²) in [5.41, 5.74) is 1.18. The van der Waals surface area contributed by atoms with Gasteiger partial charge in [0.25, 0.3) is 0 Å². The molecule has 0 amide bonds. The van der Waals surface area contributed by atoms with Crippen LogP contribution in [0.25, 0.3) is 0 Å². The Morgan fingerprint density at radius 3 is 2.65 bits per heavy atom. The van der Waals surface area contributed by atoms with Gasteiger partial charge in [0.15, 0.2) is 6.61 Å². The average molecular weight is 365 g/mol. The van der Waals surface area contributed by atoms with Crippen molar-refractivity contribution in [2.75, 3.05) is 26.2 Å². The van der Waals surface area contributed by atoms with Gasteiger partial charge in [0.05, 0.1) is 0 Å². The Balaban J connectivity index is 0.00000242. The minimum atomic E-state index is -0.960. The first-order chi connectivity index (χ1) is 10.2. The predicted octanol–water partition coefficient (Wildman–Crippen LogP) is 2.57. The van der Waals surface area contributed by atoms with Gasteiger partial charge in [-0.2, -0.15) is 0 Å². The van der Waals surface area contributed by atoms with Crippen molar-refractivity contribution in [2.45, 2.75) is 32.4 Å². The van der Waals surface area contributed by atoms with Crippen LogP contribution in [0.2, 0.25) is 0 Å². The van der Waals surface area contributed by atoms with E-state index < -0.39 is 5.97 Å². The lowest BCUT2D eigenvalue weighted by atomic mass is 10.2. The van der Waals surface area contributed by atoms with E-state index in [9.17, 15) is 4.79 Å². The van der Waals surface area contributed by atoms with Gasteiger partial charge in [0.1, 0.15) is 5.75 Å². The number of benzene rings is 1. The van der Waals surface area contributed by atoms with Crippen LogP contribution in [0.4, 0.5) is 0 Å². The Bertz CT molecular complexity index is 457. The second-order valence-electron chi connectivity index (χ2n) is 5.38. The molecule has 0 aliphatic carbocycles. The molecule has 132 valence electrons. The van der Waals surface area contributed by atoms with Crippen LogP contribution >= 0.6 is 24.8 Å². The Morgan fingerprint density at radius 1 is 1.35 bits per heavy atom. The molecule has 1 aliphatic heterocycles. The van der Waals surface area contributed by atoms with Gasteiger partial charge >= 0.3 is 5.97 Å². The summed E-state index contributed by atoms with van der Waals surface area (Å²) in [5, 5.41) is 12.1. The van der Waals surface area contributed by atoms with Gasteiger partial charge in [-0.05, 0) is 43.6 Å². The highest BCUT2D eigenvalue weighted by Crippen LogP contribution is 2.16. The number of hydrogen-bond acceptors (Lipinski definition) is 4. The minimum absolute atomic E-state index is 0. The van der Waals surface area contributed by atoms with E-state index in [0.29, 0.717) is 11.8 Å². The molecular weight excluding hydrogens is 339 g/mol. The molecule has 1 aliphatic rings. The molecule has 1 unspecified atom stereocenters. The molecule has 1 heterocycles. The van der Waals surface area contributed by atoms with Crippen LogP contribution in [0.5, 0.6) is 5.75 Å². The highest BCUT2D eigenvalue weighted by molar-refractivity contribution is 5.85. The predicted molar refractivity (Wildman–Crippen MR) is 96.0 cm³/mol.